The fourth-order valence-corrected chi connectivity index (χ4v) is 9.29. The number of carbonyl (C=O) groups is 1. The zero-order valence-corrected chi connectivity index (χ0v) is 36.6. The third-order valence-corrected chi connectivity index (χ3v) is 12.7. The van der Waals surface area contributed by atoms with Crippen LogP contribution in [0.4, 0.5) is 5.69 Å². The number of hydrogen-bond acceptors (Lipinski definition) is 5. The molecule has 0 radical (unpaired) electrons. The SMILES string of the molecule is COCCn1c(C)cc2cc(OCc3ccccc3)cc(N3C[C@@H](C)n4c(c(CCCOc5cc(C)c(Cl)c(C)c5)c5ccc(Cl)c(-c6c(C)nn(C)c6C)c54)C3=O)c21. The van der Waals surface area contributed by atoms with E-state index in [-0.39, 0.29) is 11.9 Å². The number of halogens is 2. The van der Waals surface area contributed by atoms with E-state index >= 15 is 4.79 Å². The first-order chi connectivity index (χ1) is 28.4. The predicted octanol–water partition coefficient (Wildman–Crippen LogP) is 11.3. The molecule has 0 saturated carbocycles. The lowest BCUT2D eigenvalue weighted by molar-refractivity contribution is 0.0957. The molecule has 1 amide bonds. The van der Waals surface area contributed by atoms with Gasteiger partial charge >= 0.3 is 0 Å². The number of fused-ring (bicyclic) bond motifs is 4. The Labute approximate surface area is 356 Å². The van der Waals surface area contributed by atoms with Gasteiger partial charge in [-0.15, -0.1) is 0 Å². The van der Waals surface area contributed by atoms with Crippen molar-refractivity contribution in [2.24, 2.45) is 7.05 Å². The molecule has 4 aromatic carbocycles. The van der Waals surface area contributed by atoms with Crippen LogP contribution in [0.15, 0.2) is 72.8 Å². The highest BCUT2D eigenvalue weighted by Gasteiger charge is 2.38. The summed E-state index contributed by atoms with van der Waals surface area (Å²) in [5, 5.41) is 8.16. The number of ether oxygens (including phenoxy) is 3. The van der Waals surface area contributed by atoms with Crippen LogP contribution in [0.5, 0.6) is 11.5 Å². The molecule has 306 valence electrons. The molecule has 1 aliphatic heterocycles. The van der Waals surface area contributed by atoms with Gasteiger partial charge in [0, 0.05) is 77.7 Å². The molecule has 9 nitrogen and oxygen atoms in total. The van der Waals surface area contributed by atoms with Crippen molar-refractivity contribution in [2.75, 3.05) is 31.8 Å². The molecule has 0 saturated heterocycles. The molecular formula is C48H51Cl2N5O4. The maximum absolute atomic E-state index is 15.6. The molecule has 3 aromatic heterocycles. The summed E-state index contributed by atoms with van der Waals surface area (Å²) in [6.45, 7) is 14.9. The molecule has 0 spiro atoms. The zero-order valence-electron chi connectivity index (χ0n) is 35.1. The number of amides is 1. The Bertz CT molecular complexity index is 2710. The smallest absolute Gasteiger partial charge is 0.275 e. The van der Waals surface area contributed by atoms with Crippen molar-refractivity contribution in [1.29, 1.82) is 0 Å². The highest BCUT2D eigenvalue weighted by Crippen LogP contribution is 2.46. The van der Waals surface area contributed by atoms with Gasteiger partial charge in [0.2, 0.25) is 0 Å². The summed E-state index contributed by atoms with van der Waals surface area (Å²) in [6.07, 6.45) is 1.30. The summed E-state index contributed by atoms with van der Waals surface area (Å²) < 4.78 is 24.7. The molecule has 0 fully saturated rings. The van der Waals surface area contributed by atoms with E-state index in [0.717, 1.165) is 88.7 Å². The number of carbonyl (C=O) groups excluding carboxylic acids is 1. The van der Waals surface area contributed by atoms with Gasteiger partial charge < -0.3 is 28.2 Å². The second-order valence-corrected chi connectivity index (χ2v) is 16.6. The number of methoxy groups -OCH3 is 1. The summed E-state index contributed by atoms with van der Waals surface area (Å²) in [5.74, 6) is 1.42. The lowest BCUT2D eigenvalue weighted by atomic mass is 9.98. The van der Waals surface area contributed by atoms with Gasteiger partial charge in [-0.25, -0.2) is 0 Å². The first-order valence-electron chi connectivity index (χ1n) is 20.2. The Morgan fingerprint density at radius 1 is 0.847 bits per heavy atom. The van der Waals surface area contributed by atoms with E-state index < -0.39 is 0 Å². The van der Waals surface area contributed by atoms with Crippen LogP contribution in [-0.2, 0) is 31.4 Å². The van der Waals surface area contributed by atoms with E-state index in [1.807, 2.05) is 79.9 Å². The molecule has 0 N–H and O–H groups in total. The van der Waals surface area contributed by atoms with Gasteiger partial charge in [0.1, 0.15) is 23.8 Å². The van der Waals surface area contributed by atoms with E-state index in [9.17, 15) is 0 Å². The standard InChI is InChI=1S/C48H51Cl2N5O4/c1-28-21-36(22-29(2)44(28)50)58-19-12-15-38-39-16-17-40(49)43(42-32(5)51-52(7)33(42)6)46(39)55-31(4)26-54(48(56)47(38)55)41-25-37(59-27-34-13-10-9-11-14-34)24-35-23-30(3)53(45(35)41)18-20-57-8/h9-11,13-14,16-17,21-25,31H,12,15,18-20,26-27H2,1-8H3/t31-/m1/s1. The third-order valence-electron chi connectivity index (χ3n) is 11.8. The van der Waals surface area contributed by atoms with Crippen LogP contribution in [-0.4, -0.2) is 51.7 Å². The maximum atomic E-state index is 15.6. The van der Waals surface area contributed by atoms with Crippen LogP contribution in [0.1, 0.15) is 69.2 Å². The molecule has 4 heterocycles. The number of rotatable bonds is 13. The van der Waals surface area contributed by atoms with Crippen molar-refractivity contribution in [2.45, 2.75) is 73.6 Å². The van der Waals surface area contributed by atoms with Crippen molar-refractivity contribution in [3.05, 3.63) is 128 Å². The molecule has 7 aromatic rings. The molecule has 0 bridgehead atoms. The molecule has 59 heavy (non-hydrogen) atoms. The van der Waals surface area contributed by atoms with E-state index in [1.54, 1.807) is 7.11 Å². The minimum absolute atomic E-state index is 0.0699. The van der Waals surface area contributed by atoms with Crippen molar-refractivity contribution >= 4 is 56.6 Å². The Hall–Kier alpha value is -5.22. The van der Waals surface area contributed by atoms with Gasteiger partial charge in [-0.05, 0) is 107 Å². The number of hydrogen-bond donors (Lipinski definition) is 0. The normalized spacial score (nSPS) is 14.2. The third kappa shape index (κ3) is 7.38. The van der Waals surface area contributed by atoms with Crippen LogP contribution in [0.2, 0.25) is 10.0 Å². The summed E-state index contributed by atoms with van der Waals surface area (Å²) in [4.78, 5) is 17.5. The minimum atomic E-state index is -0.114. The first-order valence-corrected chi connectivity index (χ1v) is 21.0. The molecular weight excluding hydrogens is 781 g/mol. The molecule has 1 aliphatic rings. The molecule has 1 atom stereocenters. The monoisotopic (exact) mass is 831 g/mol. The van der Waals surface area contributed by atoms with Gasteiger partial charge in [-0.1, -0.05) is 59.6 Å². The molecule has 0 unspecified atom stereocenters. The number of nitrogens with zero attached hydrogens (tertiary/aromatic N) is 5. The second-order valence-electron chi connectivity index (χ2n) is 15.9. The highest BCUT2D eigenvalue weighted by atomic mass is 35.5. The van der Waals surface area contributed by atoms with Gasteiger partial charge in [-0.3, -0.25) is 9.48 Å². The van der Waals surface area contributed by atoms with Gasteiger partial charge in [0.25, 0.3) is 5.91 Å². The average molecular weight is 833 g/mol. The molecule has 0 aliphatic carbocycles. The van der Waals surface area contributed by atoms with Crippen molar-refractivity contribution in [3.63, 3.8) is 0 Å². The van der Waals surface area contributed by atoms with Gasteiger partial charge in [-0.2, -0.15) is 5.10 Å². The van der Waals surface area contributed by atoms with Crippen LogP contribution in [0.25, 0.3) is 32.9 Å². The summed E-state index contributed by atoms with van der Waals surface area (Å²) in [7, 11) is 3.67. The van der Waals surface area contributed by atoms with E-state index in [2.05, 4.69) is 60.2 Å². The van der Waals surface area contributed by atoms with Crippen LogP contribution in [0, 0.1) is 34.6 Å². The number of aryl methyl sites for hydroxylation is 6. The van der Waals surface area contributed by atoms with Crippen molar-refractivity contribution < 1.29 is 19.0 Å². The Morgan fingerprint density at radius 2 is 1.58 bits per heavy atom. The average Bonchev–Trinajstić information content (AvgIpc) is 3.81. The zero-order chi connectivity index (χ0) is 41.7. The Balaban J connectivity index is 1.27. The predicted molar refractivity (Wildman–Crippen MR) is 239 cm³/mol. The number of benzene rings is 4. The second kappa shape index (κ2) is 16.4. The fraction of sp³-hybridized carbons (Fsp3) is 0.333. The van der Waals surface area contributed by atoms with Gasteiger partial charge in [0.15, 0.2) is 0 Å². The Morgan fingerprint density at radius 3 is 2.27 bits per heavy atom. The quantitative estimate of drug-likeness (QED) is 0.108. The molecule has 8 rings (SSSR count). The lowest BCUT2D eigenvalue weighted by Gasteiger charge is -2.35. The van der Waals surface area contributed by atoms with Crippen LogP contribution < -0.4 is 14.4 Å². The van der Waals surface area contributed by atoms with E-state index in [0.29, 0.717) is 62.2 Å². The maximum Gasteiger partial charge on any atom is 0.275 e. The van der Waals surface area contributed by atoms with Gasteiger partial charge in [0.05, 0.1) is 40.7 Å². The number of anilines is 1. The first kappa shape index (κ1) is 40.6. The molecule has 11 heteroatoms. The summed E-state index contributed by atoms with van der Waals surface area (Å²) in [6, 6.07) is 24.3. The lowest BCUT2D eigenvalue weighted by Crippen LogP contribution is -2.43. The highest BCUT2D eigenvalue weighted by molar-refractivity contribution is 6.35. The van der Waals surface area contributed by atoms with Crippen LogP contribution >= 0.6 is 23.2 Å². The number of aromatic nitrogens is 4. The largest absolute Gasteiger partial charge is 0.494 e. The fourth-order valence-electron chi connectivity index (χ4n) is 8.94. The van der Waals surface area contributed by atoms with Crippen molar-refractivity contribution in [3.8, 4) is 22.6 Å². The van der Waals surface area contributed by atoms with E-state index in [4.69, 9.17) is 42.5 Å². The summed E-state index contributed by atoms with van der Waals surface area (Å²) in [5.41, 5.74) is 12.3. The Kier molecular flexibility index (Phi) is 11.3. The topological polar surface area (TPSA) is 75.7 Å². The van der Waals surface area contributed by atoms with Crippen molar-refractivity contribution in [1.82, 2.24) is 18.9 Å². The minimum Gasteiger partial charge on any atom is -0.494 e. The summed E-state index contributed by atoms with van der Waals surface area (Å²) >= 11 is 13.7. The van der Waals surface area contributed by atoms with Crippen LogP contribution in [0.3, 0.4) is 0 Å². The van der Waals surface area contributed by atoms with E-state index in [1.165, 1.54) is 0 Å².